The summed E-state index contributed by atoms with van der Waals surface area (Å²) in [5, 5.41) is 273. The summed E-state index contributed by atoms with van der Waals surface area (Å²) in [5.74, 6) is -0.347. The van der Waals surface area contributed by atoms with Gasteiger partial charge in [-0.25, -0.2) is 5.43 Å². The van der Waals surface area contributed by atoms with E-state index in [0.717, 1.165) is 12.8 Å². The number of amides is 2. The molecule has 8 fully saturated rings. The van der Waals surface area contributed by atoms with E-state index in [1.807, 2.05) is 11.8 Å². The van der Waals surface area contributed by atoms with Crippen molar-refractivity contribution < 1.29 is 213 Å². The third-order valence-electron chi connectivity index (χ3n) is 23.9. The molecule has 2 amide bonds. The lowest BCUT2D eigenvalue weighted by Crippen LogP contribution is -2.65. The molecule has 0 aromatic heterocycles. The second-order valence-electron chi connectivity index (χ2n) is 33.2. The number of hydrazine groups is 1. The SMILES string of the molecule is CCC(=O)CNNC(=O)CCCCCN(CCCC[C@@H]1O[C@@H](C)[C@@H](O)[C@@H](O)[C@@H]1O)CCO[C@H]1O[C@H](CO[C@H]2O[C@H](CO)[C@@H](O)[C@H](O)[C@@H]2O)[C@@H](O)[C@H](O[C@H]2O[C@H](CO)[C@@H](O)[C@H](O)[C@@H]2O)[C@@H]1O.CCNC(=O)CCCCCN(CCCC[C@@H]1O[C@@H](C)[C@@H](O)[C@@H](O)[C@@H]1O)CCO[C@H]1O[C@H](CO[C@H]2O[C@H](CO)[C@@H](O)[C@H](O)[C@@H]2O)[C@@H](O)[C@H](O[C@H]2O[C@H](CO)[C@@H](O)[C@H](O)[C@@H]2O)[C@@H]1O. The fourth-order valence-electron chi connectivity index (χ4n) is 15.8. The molecule has 29 N–H and O–H groups in total. The molecule has 8 rings (SSSR count). The Hall–Kier alpha value is -3.11. The zero-order chi connectivity index (χ0) is 92.9. The van der Waals surface area contributed by atoms with Crippen molar-refractivity contribution in [2.45, 2.75) is 369 Å². The number of ether oxygens (including phenoxy) is 14. The maximum absolute atomic E-state index is 12.2. The highest BCUT2D eigenvalue weighted by Crippen LogP contribution is 2.36. The van der Waals surface area contributed by atoms with E-state index in [4.69, 9.17) is 66.3 Å². The van der Waals surface area contributed by atoms with Gasteiger partial charge in [-0.1, -0.05) is 19.8 Å². The Labute approximate surface area is 729 Å². The number of aliphatic hydroxyl groups is 26. The zero-order valence-corrected chi connectivity index (χ0v) is 71.5. The van der Waals surface area contributed by atoms with Gasteiger partial charge in [-0.15, -0.1) is 0 Å². The van der Waals surface area contributed by atoms with Gasteiger partial charge >= 0.3 is 0 Å². The fraction of sp³-hybridized carbons (Fsp3) is 0.962. The van der Waals surface area contributed by atoms with Crippen LogP contribution in [0, 0.1) is 0 Å². The molecule has 0 radical (unpaired) electrons. The highest BCUT2D eigenvalue weighted by molar-refractivity contribution is 5.81. The number of hydrogen-bond donors (Lipinski definition) is 29. The first kappa shape index (κ1) is 110. The van der Waals surface area contributed by atoms with Crippen LogP contribution in [-0.4, -0.2) is 511 Å². The van der Waals surface area contributed by atoms with Crippen LogP contribution in [0.25, 0.3) is 0 Å². The Morgan fingerprint density at radius 1 is 0.310 bits per heavy atom. The summed E-state index contributed by atoms with van der Waals surface area (Å²) in [5.41, 5.74) is 5.12. The molecule has 126 heavy (non-hydrogen) atoms. The van der Waals surface area contributed by atoms with E-state index in [9.17, 15) is 147 Å². The summed E-state index contributed by atoms with van der Waals surface area (Å²) in [4.78, 5) is 39.8. The van der Waals surface area contributed by atoms with E-state index in [1.54, 1.807) is 20.8 Å². The topological polar surface area (TPSA) is 749 Å². The number of hydrogen-bond acceptors (Lipinski definition) is 46. The van der Waals surface area contributed by atoms with E-state index >= 15 is 0 Å². The van der Waals surface area contributed by atoms with Gasteiger partial charge in [-0.3, -0.25) is 19.8 Å². The first-order valence-corrected chi connectivity index (χ1v) is 43.6. The Kier molecular flexibility index (Phi) is 48.0. The molecule has 48 heteroatoms. The maximum Gasteiger partial charge on any atom is 0.234 e. The van der Waals surface area contributed by atoms with Crippen LogP contribution in [0.5, 0.6) is 0 Å². The molecule has 0 aliphatic carbocycles. The highest BCUT2D eigenvalue weighted by atomic mass is 16.8. The number of nitrogens with zero attached hydrogens (tertiary/aromatic N) is 2. The molecule has 8 aliphatic rings. The minimum atomic E-state index is -1.91. The molecule has 0 spiro atoms. The normalized spacial score (nSPS) is 41.2. The summed E-state index contributed by atoms with van der Waals surface area (Å²) in [7, 11) is 0. The summed E-state index contributed by atoms with van der Waals surface area (Å²) in [6.07, 6.45) is -52.5. The van der Waals surface area contributed by atoms with E-state index in [1.165, 1.54) is 0 Å². The lowest BCUT2D eigenvalue weighted by atomic mass is 9.93. The first-order valence-electron chi connectivity index (χ1n) is 43.6. The molecule has 40 atom stereocenters. The number of aliphatic hydroxyl groups excluding tert-OH is 26. The maximum atomic E-state index is 12.2. The van der Waals surface area contributed by atoms with Crippen molar-refractivity contribution in [1.82, 2.24) is 26.0 Å². The molecule has 0 saturated carbocycles. The number of unbranched alkanes of at least 4 members (excludes halogenated alkanes) is 6. The smallest absolute Gasteiger partial charge is 0.234 e. The lowest BCUT2D eigenvalue weighted by molar-refractivity contribution is -0.366. The van der Waals surface area contributed by atoms with Gasteiger partial charge in [-0.2, -0.15) is 0 Å². The third-order valence-corrected chi connectivity index (χ3v) is 23.9. The minimum absolute atomic E-state index is 0.0265. The third kappa shape index (κ3) is 31.2. The standard InChI is InChI=1S/C40H73N3O22.C38H70N2O21/c1-3-20(46)15-41-42-25(47)10-5-4-7-11-43(12-8-6-9-21-27(49)31(53)26(48)19(2)61-21)13-14-59-39-36(58)37(65-40-35(57)33(55)29(51)23(17-45)63-40)30(52)24(64-39)18-60-38-34(56)32(54)28(50)22(16-44)62-38;1-3-39-23(43)10-5-4-7-11-40(12-8-6-9-19-25(45)29(49)24(44)18(2)57-19)13-14-55-37-34(54)35(61-38-33(53)31(51)27(47)21(16-42)59-38)28(48)22(60-37)17-56-36-32(52)30(50)26(46)20(15-41)58-36/h19,21-24,26-41,44-45,48-58H,3-18H2,1-2H3,(H,42,47);18-22,24-38,41-42,44-54H,3-17H2,1-2H3,(H,39,43)/t19-,21-,22+,23+,24+,26+,27+,28+,29+,30+,31+,32-,33-,34-,35-,36-,37-,38-,39-,40+;18-,19-,20+,21+,22+,24+,25+,26+,27+,28+,29+,30-,31-,32-,33-,34-,35-,36-,37-,38+/m00/s1. The molecule has 0 bridgehead atoms. The predicted molar refractivity (Wildman–Crippen MR) is 422 cm³/mol. The van der Waals surface area contributed by atoms with Crippen LogP contribution in [0.15, 0.2) is 0 Å². The number of nitrogens with one attached hydrogen (secondary N) is 3. The second-order valence-corrected chi connectivity index (χ2v) is 33.2. The molecular formula is C78H143N5O43. The van der Waals surface area contributed by atoms with Gasteiger partial charge < -0.3 is 214 Å². The van der Waals surface area contributed by atoms with Crippen molar-refractivity contribution in [3.63, 3.8) is 0 Å². The Balaban J connectivity index is 0.000000346. The second kappa shape index (κ2) is 55.0. The van der Waals surface area contributed by atoms with Gasteiger partial charge in [0.05, 0.1) is 83.8 Å². The molecule has 8 saturated heterocycles. The number of Topliss-reactive ketones (excluding diaryl/α,β-unsaturated/α-hetero) is 1. The lowest BCUT2D eigenvalue weighted by Gasteiger charge is -2.46. The van der Waals surface area contributed by atoms with E-state index < -0.39 is 285 Å². The van der Waals surface area contributed by atoms with E-state index in [-0.39, 0.29) is 50.3 Å². The minimum Gasteiger partial charge on any atom is -0.394 e. The van der Waals surface area contributed by atoms with Crippen LogP contribution in [0.4, 0.5) is 0 Å². The van der Waals surface area contributed by atoms with Crippen LogP contribution in [0.1, 0.15) is 124 Å². The molecule has 8 heterocycles. The van der Waals surface area contributed by atoms with Crippen molar-refractivity contribution in [3.05, 3.63) is 0 Å². The van der Waals surface area contributed by atoms with E-state index in [0.29, 0.717) is 116 Å². The monoisotopic (exact) mass is 1840 g/mol. The average molecular weight is 1840 g/mol. The zero-order valence-electron chi connectivity index (χ0n) is 71.5. The van der Waals surface area contributed by atoms with Gasteiger partial charge in [0.15, 0.2) is 37.7 Å². The van der Waals surface area contributed by atoms with Crippen LogP contribution >= 0.6 is 0 Å². The summed E-state index contributed by atoms with van der Waals surface area (Å²) in [6, 6.07) is 0. The van der Waals surface area contributed by atoms with Gasteiger partial charge in [0.25, 0.3) is 0 Å². The number of carbonyl (C=O) groups excluding carboxylic acids is 3. The van der Waals surface area contributed by atoms with Gasteiger partial charge in [0.1, 0.15) is 189 Å². The van der Waals surface area contributed by atoms with Crippen molar-refractivity contribution in [3.8, 4) is 0 Å². The van der Waals surface area contributed by atoms with E-state index in [2.05, 4.69) is 21.1 Å². The molecule has 8 aliphatic heterocycles. The summed E-state index contributed by atoms with van der Waals surface area (Å²) >= 11 is 0. The van der Waals surface area contributed by atoms with Crippen molar-refractivity contribution in [2.75, 3.05) is 105 Å². The molecular weight excluding hydrogens is 1690 g/mol. The first-order chi connectivity index (χ1) is 60.0. The van der Waals surface area contributed by atoms with Gasteiger partial charge in [-0.05, 0) is 111 Å². The molecule has 0 aromatic carbocycles. The largest absolute Gasteiger partial charge is 0.394 e. The molecule has 0 aromatic rings. The van der Waals surface area contributed by atoms with Crippen LogP contribution in [0.3, 0.4) is 0 Å². The number of ketones is 1. The van der Waals surface area contributed by atoms with Gasteiger partial charge in [0, 0.05) is 38.9 Å². The molecule has 48 nitrogen and oxygen atoms in total. The fourth-order valence-corrected chi connectivity index (χ4v) is 15.8. The van der Waals surface area contributed by atoms with Crippen LogP contribution in [0.2, 0.25) is 0 Å². The highest BCUT2D eigenvalue weighted by Gasteiger charge is 2.56. The average Bonchev–Trinajstić information content (AvgIpc) is 0.784. The molecule has 0 unspecified atom stereocenters. The number of rotatable bonds is 49. The quantitative estimate of drug-likeness (QED) is 0.0199. The Morgan fingerprint density at radius 2 is 0.619 bits per heavy atom. The van der Waals surface area contributed by atoms with Crippen molar-refractivity contribution in [2.24, 2.45) is 0 Å². The predicted octanol–water partition coefficient (Wildman–Crippen LogP) is -13.6. The summed E-state index contributed by atoms with van der Waals surface area (Å²) < 4.78 is 79.8. The number of carbonyl (C=O) groups is 3. The Morgan fingerprint density at radius 3 is 0.968 bits per heavy atom. The summed E-state index contributed by atoms with van der Waals surface area (Å²) in [6.45, 7) is 5.64. The van der Waals surface area contributed by atoms with Crippen LogP contribution in [-0.2, 0) is 80.7 Å². The Bertz CT molecular complexity index is 3040. The van der Waals surface area contributed by atoms with Crippen LogP contribution < -0.4 is 16.2 Å². The van der Waals surface area contributed by atoms with Crippen molar-refractivity contribution in [1.29, 1.82) is 0 Å². The molecule has 738 valence electrons. The van der Waals surface area contributed by atoms with Crippen molar-refractivity contribution >= 4 is 17.6 Å². The van der Waals surface area contributed by atoms with Gasteiger partial charge in [0.2, 0.25) is 11.8 Å².